The van der Waals surface area contributed by atoms with Gasteiger partial charge in [0.1, 0.15) is 6.10 Å². The van der Waals surface area contributed by atoms with Crippen LogP contribution in [0.2, 0.25) is 0 Å². The first-order valence-corrected chi connectivity index (χ1v) is 9.78. The van der Waals surface area contributed by atoms with Gasteiger partial charge in [0.05, 0.1) is 6.04 Å². The topological polar surface area (TPSA) is 58.6 Å². The van der Waals surface area contributed by atoms with E-state index in [2.05, 4.69) is 46.1 Å². The molecule has 0 radical (unpaired) electrons. The summed E-state index contributed by atoms with van der Waals surface area (Å²) in [5, 5.41) is 0. The Kier molecular flexibility index (Phi) is 5.34. The van der Waals surface area contributed by atoms with E-state index in [1.807, 2.05) is 4.90 Å². The number of likely N-dealkylation sites (N-methyl/N-ethyl adjacent to an activating group) is 1. The molecule has 2 aliphatic rings. The molecule has 1 atom stereocenters. The molecular formula is C21H26N4O2. The zero-order valence-corrected chi connectivity index (χ0v) is 15.8. The van der Waals surface area contributed by atoms with Gasteiger partial charge >= 0.3 is 6.01 Å². The molecule has 1 amide bonds. The number of ether oxygens (including phenoxy) is 1. The summed E-state index contributed by atoms with van der Waals surface area (Å²) >= 11 is 0. The largest absolute Gasteiger partial charge is 0.460 e. The first-order chi connectivity index (χ1) is 13.2. The Morgan fingerprint density at radius 2 is 1.81 bits per heavy atom. The Morgan fingerprint density at radius 3 is 2.52 bits per heavy atom. The van der Waals surface area contributed by atoms with Crippen molar-refractivity contribution in [2.45, 2.75) is 44.9 Å². The molecule has 3 heterocycles. The highest BCUT2D eigenvalue weighted by Gasteiger charge is 2.35. The summed E-state index contributed by atoms with van der Waals surface area (Å²) in [6.45, 7) is 5.33. The van der Waals surface area contributed by atoms with Crippen LogP contribution in [0.1, 0.15) is 30.9 Å². The summed E-state index contributed by atoms with van der Waals surface area (Å²) in [6.07, 6.45) is 5.88. The number of carbonyl (C=O) groups excluding carboxylic acids is 1. The number of nitrogens with zero attached hydrogens (tertiary/aromatic N) is 4. The Balaban J connectivity index is 1.37. The van der Waals surface area contributed by atoms with Crippen molar-refractivity contribution in [3.63, 3.8) is 0 Å². The fraction of sp³-hybridized carbons (Fsp3) is 0.476. The first kappa shape index (κ1) is 17.9. The lowest BCUT2D eigenvalue weighted by atomic mass is 9.92. The van der Waals surface area contributed by atoms with Gasteiger partial charge in [0.15, 0.2) is 0 Å². The van der Waals surface area contributed by atoms with E-state index in [0.29, 0.717) is 6.01 Å². The number of carbonyl (C=O) groups is 1. The second-order valence-corrected chi connectivity index (χ2v) is 7.23. The predicted molar refractivity (Wildman–Crippen MR) is 102 cm³/mol. The van der Waals surface area contributed by atoms with Gasteiger partial charge in [0.25, 0.3) is 0 Å². The summed E-state index contributed by atoms with van der Waals surface area (Å²) < 4.78 is 5.85. The number of fused-ring (bicyclic) bond motifs is 1. The lowest BCUT2D eigenvalue weighted by molar-refractivity contribution is -0.139. The molecule has 2 aliphatic heterocycles. The second-order valence-electron chi connectivity index (χ2n) is 7.23. The maximum Gasteiger partial charge on any atom is 0.316 e. The van der Waals surface area contributed by atoms with Gasteiger partial charge < -0.3 is 9.64 Å². The molecule has 6 heteroatoms. The van der Waals surface area contributed by atoms with E-state index in [0.717, 1.165) is 45.4 Å². The van der Waals surface area contributed by atoms with Crippen LogP contribution in [0.15, 0.2) is 42.7 Å². The number of likely N-dealkylation sites (tertiary alicyclic amines) is 1. The lowest BCUT2D eigenvalue weighted by Gasteiger charge is -2.40. The molecule has 1 aromatic carbocycles. The van der Waals surface area contributed by atoms with Crippen molar-refractivity contribution >= 4 is 5.91 Å². The normalized spacial score (nSPS) is 20.9. The average Bonchev–Trinajstić information content (AvgIpc) is 2.73. The molecular weight excluding hydrogens is 340 g/mol. The molecule has 0 bridgehead atoms. The van der Waals surface area contributed by atoms with Gasteiger partial charge in [-0.2, -0.15) is 0 Å². The highest BCUT2D eigenvalue weighted by Crippen LogP contribution is 2.25. The van der Waals surface area contributed by atoms with Crippen LogP contribution >= 0.6 is 0 Å². The molecule has 1 fully saturated rings. The molecule has 142 valence electrons. The van der Waals surface area contributed by atoms with Crippen LogP contribution in [0.25, 0.3) is 0 Å². The van der Waals surface area contributed by atoms with Crippen LogP contribution in [0, 0.1) is 0 Å². The smallest absolute Gasteiger partial charge is 0.316 e. The molecule has 0 unspecified atom stereocenters. The van der Waals surface area contributed by atoms with Gasteiger partial charge in [-0.05, 0) is 30.2 Å². The zero-order valence-electron chi connectivity index (χ0n) is 15.8. The second kappa shape index (κ2) is 8.05. The number of rotatable bonds is 4. The Bertz CT molecular complexity index is 775. The number of aromatic nitrogens is 2. The summed E-state index contributed by atoms with van der Waals surface area (Å²) in [7, 11) is 0. The van der Waals surface area contributed by atoms with E-state index >= 15 is 0 Å². The molecule has 0 spiro atoms. The first-order valence-electron chi connectivity index (χ1n) is 9.78. The number of piperidine rings is 1. The average molecular weight is 366 g/mol. The van der Waals surface area contributed by atoms with Crippen LogP contribution in [0.4, 0.5) is 0 Å². The maximum absolute atomic E-state index is 13.2. The van der Waals surface area contributed by atoms with Gasteiger partial charge in [-0.15, -0.1) is 0 Å². The van der Waals surface area contributed by atoms with Crippen molar-refractivity contribution < 1.29 is 9.53 Å². The van der Waals surface area contributed by atoms with Crippen molar-refractivity contribution in [1.29, 1.82) is 0 Å². The number of amides is 1. The Hall–Kier alpha value is -2.47. The summed E-state index contributed by atoms with van der Waals surface area (Å²) in [6, 6.07) is 10.6. The number of hydrogen-bond donors (Lipinski definition) is 0. The van der Waals surface area contributed by atoms with Crippen LogP contribution < -0.4 is 4.74 Å². The van der Waals surface area contributed by atoms with Crippen LogP contribution in [-0.2, 0) is 17.8 Å². The Morgan fingerprint density at radius 1 is 1.11 bits per heavy atom. The van der Waals surface area contributed by atoms with Crippen molar-refractivity contribution in [3.8, 4) is 6.01 Å². The monoisotopic (exact) mass is 366 g/mol. The summed E-state index contributed by atoms with van der Waals surface area (Å²) in [5.74, 6) is 0.251. The molecule has 1 saturated heterocycles. The molecule has 6 nitrogen and oxygen atoms in total. The van der Waals surface area contributed by atoms with Crippen LogP contribution in [0.5, 0.6) is 6.01 Å². The zero-order chi connectivity index (χ0) is 18.6. The van der Waals surface area contributed by atoms with Gasteiger partial charge in [-0.25, -0.2) is 9.97 Å². The van der Waals surface area contributed by atoms with Gasteiger partial charge in [0.2, 0.25) is 5.91 Å². The fourth-order valence-corrected chi connectivity index (χ4v) is 4.05. The molecule has 2 aromatic rings. The molecule has 1 aromatic heterocycles. The van der Waals surface area contributed by atoms with Crippen molar-refractivity contribution in [1.82, 2.24) is 19.8 Å². The molecule has 27 heavy (non-hydrogen) atoms. The van der Waals surface area contributed by atoms with E-state index in [1.54, 1.807) is 18.5 Å². The highest BCUT2D eigenvalue weighted by atomic mass is 16.5. The van der Waals surface area contributed by atoms with E-state index in [4.69, 9.17) is 4.74 Å². The van der Waals surface area contributed by atoms with Crippen LogP contribution in [0.3, 0.4) is 0 Å². The molecule has 0 N–H and O–H groups in total. The van der Waals surface area contributed by atoms with E-state index in [1.165, 1.54) is 11.1 Å². The van der Waals surface area contributed by atoms with Crippen molar-refractivity contribution in [2.24, 2.45) is 0 Å². The SMILES string of the molecule is CCN1Cc2ccccc2C[C@H]1C(=O)N1CCC(Oc2ncccn2)CC1. The third-order valence-electron chi connectivity index (χ3n) is 5.60. The van der Waals surface area contributed by atoms with E-state index in [-0.39, 0.29) is 18.1 Å². The molecule has 0 saturated carbocycles. The highest BCUT2D eigenvalue weighted by molar-refractivity contribution is 5.82. The summed E-state index contributed by atoms with van der Waals surface area (Å²) in [4.78, 5) is 25.8. The fourth-order valence-electron chi connectivity index (χ4n) is 4.05. The van der Waals surface area contributed by atoms with E-state index < -0.39 is 0 Å². The standard InChI is InChI=1S/C21H26N4O2/c1-2-24-15-17-7-4-3-6-16(17)14-19(24)20(26)25-12-8-18(9-13-25)27-21-22-10-5-11-23-21/h3-7,10-11,18-19H,2,8-9,12-15H2,1H3/t19-/m0/s1. The minimum atomic E-state index is -0.0557. The maximum atomic E-state index is 13.2. The minimum absolute atomic E-state index is 0.0557. The quantitative estimate of drug-likeness (QED) is 0.831. The number of benzene rings is 1. The third-order valence-corrected chi connectivity index (χ3v) is 5.60. The van der Waals surface area contributed by atoms with Gasteiger partial charge in [-0.3, -0.25) is 9.69 Å². The number of hydrogen-bond acceptors (Lipinski definition) is 5. The molecule has 0 aliphatic carbocycles. The summed E-state index contributed by atoms with van der Waals surface area (Å²) in [5.41, 5.74) is 2.65. The minimum Gasteiger partial charge on any atom is -0.460 e. The molecule has 4 rings (SSSR count). The van der Waals surface area contributed by atoms with Crippen LogP contribution in [-0.4, -0.2) is 57.5 Å². The van der Waals surface area contributed by atoms with Crippen molar-refractivity contribution in [3.05, 3.63) is 53.9 Å². The Labute approximate surface area is 160 Å². The van der Waals surface area contributed by atoms with Gasteiger partial charge in [0, 0.05) is 44.9 Å². The van der Waals surface area contributed by atoms with Gasteiger partial charge in [-0.1, -0.05) is 31.2 Å². The predicted octanol–water partition coefficient (Wildman–Crippen LogP) is 2.29. The lowest BCUT2D eigenvalue weighted by Crippen LogP contribution is -2.53. The van der Waals surface area contributed by atoms with E-state index in [9.17, 15) is 4.79 Å². The van der Waals surface area contributed by atoms with Crippen molar-refractivity contribution in [2.75, 3.05) is 19.6 Å². The third kappa shape index (κ3) is 3.95.